The van der Waals surface area contributed by atoms with Gasteiger partial charge >= 0.3 is 0 Å². The number of aliphatic imine (C=N–C) groups is 1. The Morgan fingerprint density at radius 1 is 1.30 bits per heavy atom. The van der Waals surface area contributed by atoms with Crippen LogP contribution < -0.4 is 10.6 Å². The lowest BCUT2D eigenvalue weighted by Crippen LogP contribution is -2.51. The summed E-state index contributed by atoms with van der Waals surface area (Å²) in [6.07, 6.45) is 6.35. The zero-order valence-corrected chi connectivity index (χ0v) is 14.1. The highest BCUT2D eigenvalue weighted by atomic mass is 15.2. The van der Waals surface area contributed by atoms with E-state index in [1.54, 1.807) is 0 Å². The molecule has 1 rings (SSSR count). The van der Waals surface area contributed by atoms with E-state index in [4.69, 9.17) is 4.99 Å². The minimum absolute atomic E-state index is 0.242. The number of rotatable bonds is 6. The van der Waals surface area contributed by atoms with Crippen molar-refractivity contribution in [2.24, 2.45) is 10.9 Å². The molecule has 0 bridgehead atoms. The second-order valence-electron chi connectivity index (χ2n) is 6.44. The van der Waals surface area contributed by atoms with Gasteiger partial charge in [0.1, 0.15) is 0 Å². The van der Waals surface area contributed by atoms with E-state index in [0.29, 0.717) is 0 Å². The Bertz CT molecular complexity index is 301. The van der Waals surface area contributed by atoms with E-state index in [1.165, 1.54) is 25.7 Å². The molecule has 0 radical (unpaired) electrons. The van der Waals surface area contributed by atoms with Crippen LogP contribution in [0.3, 0.4) is 0 Å². The van der Waals surface area contributed by atoms with Crippen LogP contribution in [-0.4, -0.2) is 50.1 Å². The summed E-state index contributed by atoms with van der Waals surface area (Å²) in [5.74, 6) is 1.78. The smallest absolute Gasteiger partial charge is 0.191 e. The normalized spacial score (nSPS) is 27.7. The van der Waals surface area contributed by atoms with Gasteiger partial charge in [0.05, 0.1) is 6.54 Å². The van der Waals surface area contributed by atoms with Crippen molar-refractivity contribution in [2.75, 3.05) is 33.7 Å². The Morgan fingerprint density at radius 3 is 2.60 bits per heavy atom. The fourth-order valence-electron chi connectivity index (χ4n) is 3.13. The lowest BCUT2D eigenvalue weighted by Gasteiger charge is -2.44. The van der Waals surface area contributed by atoms with E-state index in [0.717, 1.165) is 37.9 Å². The van der Waals surface area contributed by atoms with Gasteiger partial charge in [0.2, 0.25) is 0 Å². The number of nitrogens with one attached hydrogen (secondary N) is 2. The summed E-state index contributed by atoms with van der Waals surface area (Å²) < 4.78 is 0. The van der Waals surface area contributed by atoms with Gasteiger partial charge in [-0.25, -0.2) is 0 Å². The van der Waals surface area contributed by atoms with Gasteiger partial charge in [-0.1, -0.05) is 26.7 Å². The molecule has 0 aromatic rings. The van der Waals surface area contributed by atoms with E-state index in [9.17, 15) is 0 Å². The third-order valence-electron chi connectivity index (χ3n) is 4.43. The molecule has 2 atom stereocenters. The molecule has 4 nitrogen and oxygen atoms in total. The Kier molecular flexibility index (Phi) is 7.35. The van der Waals surface area contributed by atoms with Crippen LogP contribution in [-0.2, 0) is 0 Å². The Morgan fingerprint density at radius 2 is 2.05 bits per heavy atom. The number of hydrogen-bond donors (Lipinski definition) is 2. The molecule has 0 aromatic heterocycles. The summed E-state index contributed by atoms with van der Waals surface area (Å²) in [6, 6.07) is 0. The van der Waals surface area contributed by atoms with Gasteiger partial charge in [-0.15, -0.1) is 0 Å². The minimum Gasteiger partial charge on any atom is -0.357 e. The molecule has 1 fully saturated rings. The van der Waals surface area contributed by atoms with Crippen LogP contribution in [0.25, 0.3) is 0 Å². The number of nitrogens with zero attached hydrogens (tertiary/aromatic N) is 2. The highest BCUT2D eigenvalue weighted by molar-refractivity contribution is 5.79. The van der Waals surface area contributed by atoms with E-state index in [-0.39, 0.29) is 5.54 Å². The van der Waals surface area contributed by atoms with E-state index in [1.807, 2.05) is 0 Å². The van der Waals surface area contributed by atoms with Gasteiger partial charge in [-0.05, 0) is 46.2 Å². The maximum atomic E-state index is 4.86. The average Bonchev–Trinajstić information content (AvgIpc) is 2.42. The van der Waals surface area contributed by atoms with Crippen LogP contribution in [0.2, 0.25) is 0 Å². The summed E-state index contributed by atoms with van der Waals surface area (Å²) in [7, 11) is 4.42. The number of likely N-dealkylation sites (N-methyl/N-ethyl adjacent to an activating group) is 1. The predicted octanol–water partition coefficient (Wildman–Crippen LogP) is 2.46. The maximum Gasteiger partial charge on any atom is 0.191 e. The molecule has 1 aliphatic carbocycles. The summed E-state index contributed by atoms with van der Waals surface area (Å²) in [5, 5.41) is 6.74. The first-order valence-electron chi connectivity index (χ1n) is 8.23. The van der Waals surface area contributed by atoms with Gasteiger partial charge in [0.25, 0.3) is 0 Å². The zero-order valence-electron chi connectivity index (χ0n) is 14.1. The second kappa shape index (κ2) is 8.50. The first-order valence-corrected chi connectivity index (χ1v) is 8.23. The van der Waals surface area contributed by atoms with Crippen LogP contribution in [0, 0.1) is 5.92 Å². The molecular formula is C16H34N4. The molecule has 0 amide bonds. The van der Waals surface area contributed by atoms with Crippen LogP contribution >= 0.6 is 0 Å². The first-order chi connectivity index (χ1) is 9.54. The maximum absolute atomic E-state index is 4.86. The monoisotopic (exact) mass is 282 g/mol. The van der Waals surface area contributed by atoms with E-state index >= 15 is 0 Å². The molecule has 1 aliphatic rings. The van der Waals surface area contributed by atoms with Crippen molar-refractivity contribution in [3.63, 3.8) is 0 Å². The lowest BCUT2D eigenvalue weighted by molar-refractivity contribution is 0.0845. The quantitative estimate of drug-likeness (QED) is 0.581. The molecule has 0 aliphatic heterocycles. The van der Waals surface area contributed by atoms with Gasteiger partial charge in [-0.2, -0.15) is 0 Å². The molecular weight excluding hydrogens is 248 g/mol. The molecule has 2 unspecified atom stereocenters. The van der Waals surface area contributed by atoms with Gasteiger partial charge in [-0.3, -0.25) is 4.99 Å². The average molecular weight is 282 g/mol. The number of guanidine groups is 1. The second-order valence-corrected chi connectivity index (χ2v) is 6.44. The molecule has 118 valence electrons. The van der Waals surface area contributed by atoms with Crippen LogP contribution in [0.15, 0.2) is 4.99 Å². The first kappa shape index (κ1) is 17.3. The van der Waals surface area contributed by atoms with Crippen molar-refractivity contribution in [3.8, 4) is 0 Å². The Balaban J connectivity index is 2.72. The fraction of sp³-hybridized carbons (Fsp3) is 0.938. The van der Waals surface area contributed by atoms with Crippen molar-refractivity contribution < 1.29 is 0 Å². The SMILES string of the molecule is CCCNC(=NCC1(N(C)C)CCCC(C)C1)NCC. The summed E-state index contributed by atoms with van der Waals surface area (Å²) in [5.41, 5.74) is 0.242. The zero-order chi connectivity index (χ0) is 15.0. The van der Waals surface area contributed by atoms with Crippen LogP contribution in [0.4, 0.5) is 0 Å². The summed E-state index contributed by atoms with van der Waals surface area (Å²) >= 11 is 0. The van der Waals surface area contributed by atoms with Gasteiger partial charge < -0.3 is 15.5 Å². The molecule has 0 aromatic carbocycles. The van der Waals surface area contributed by atoms with Gasteiger partial charge in [0, 0.05) is 18.6 Å². The van der Waals surface area contributed by atoms with Crippen molar-refractivity contribution in [1.82, 2.24) is 15.5 Å². The molecule has 0 heterocycles. The van der Waals surface area contributed by atoms with Crippen LogP contribution in [0.1, 0.15) is 52.9 Å². The molecule has 4 heteroatoms. The molecule has 20 heavy (non-hydrogen) atoms. The van der Waals surface area contributed by atoms with E-state index < -0.39 is 0 Å². The summed E-state index contributed by atoms with van der Waals surface area (Å²) in [4.78, 5) is 7.25. The minimum atomic E-state index is 0.242. The Hall–Kier alpha value is -0.770. The van der Waals surface area contributed by atoms with E-state index in [2.05, 4.69) is 50.4 Å². The molecule has 2 N–H and O–H groups in total. The highest BCUT2D eigenvalue weighted by Crippen LogP contribution is 2.35. The fourth-order valence-corrected chi connectivity index (χ4v) is 3.13. The Labute approximate surface area is 125 Å². The third kappa shape index (κ3) is 4.97. The molecule has 1 saturated carbocycles. The van der Waals surface area contributed by atoms with Gasteiger partial charge in [0.15, 0.2) is 5.96 Å². The van der Waals surface area contributed by atoms with Crippen molar-refractivity contribution >= 4 is 5.96 Å². The topological polar surface area (TPSA) is 39.7 Å². The largest absolute Gasteiger partial charge is 0.357 e. The highest BCUT2D eigenvalue weighted by Gasteiger charge is 2.36. The molecule has 0 spiro atoms. The molecule has 0 saturated heterocycles. The predicted molar refractivity (Wildman–Crippen MR) is 88.3 cm³/mol. The van der Waals surface area contributed by atoms with Crippen molar-refractivity contribution in [1.29, 1.82) is 0 Å². The van der Waals surface area contributed by atoms with Crippen molar-refractivity contribution in [3.05, 3.63) is 0 Å². The third-order valence-corrected chi connectivity index (χ3v) is 4.43. The number of hydrogen-bond acceptors (Lipinski definition) is 2. The summed E-state index contributed by atoms with van der Waals surface area (Å²) in [6.45, 7) is 9.47. The standard InChI is InChI=1S/C16H34N4/c1-6-11-18-15(17-7-2)19-13-16(20(4)5)10-8-9-14(3)12-16/h14H,6-13H2,1-5H3,(H2,17,18,19). The lowest BCUT2D eigenvalue weighted by atomic mass is 9.75. The van der Waals surface area contributed by atoms with Crippen molar-refractivity contribution in [2.45, 2.75) is 58.4 Å². The van der Waals surface area contributed by atoms with Crippen LogP contribution in [0.5, 0.6) is 0 Å².